The Morgan fingerprint density at radius 3 is 2.90 bits per heavy atom. The van der Waals surface area contributed by atoms with E-state index in [4.69, 9.17) is 14.2 Å². The van der Waals surface area contributed by atoms with Crippen LogP contribution in [0.5, 0.6) is 11.5 Å². The van der Waals surface area contributed by atoms with E-state index in [9.17, 15) is 4.79 Å². The molecule has 3 aromatic rings. The minimum atomic E-state index is -0.0445. The predicted octanol–water partition coefficient (Wildman–Crippen LogP) is 5.11. The molecule has 5 rings (SSSR count). The van der Waals surface area contributed by atoms with E-state index in [1.165, 1.54) is 15.6 Å². The van der Waals surface area contributed by atoms with Crippen molar-refractivity contribution in [1.82, 2.24) is 4.90 Å². The van der Waals surface area contributed by atoms with Crippen LogP contribution in [0.4, 0.5) is 0 Å². The zero-order chi connectivity index (χ0) is 21.4. The Kier molecular flexibility index (Phi) is 5.59. The zero-order valence-corrected chi connectivity index (χ0v) is 18.7. The topological polar surface area (TPSA) is 48.0 Å². The molecule has 0 bridgehead atoms. The molecule has 2 aromatic carbocycles. The molecule has 2 aliphatic rings. The Morgan fingerprint density at radius 2 is 2.10 bits per heavy atom. The van der Waals surface area contributed by atoms with Gasteiger partial charge in [-0.2, -0.15) is 0 Å². The highest BCUT2D eigenvalue weighted by molar-refractivity contribution is 7.17. The maximum atomic E-state index is 12.7. The smallest absolute Gasteiger partial charge is 0.225 e. The second-order valence-corrected chi connectivity index (χ2v) is 9.39. The molecule has 0 spiro atoms. The molecule has 162 valence electrons. The molecule has 2 aliphatic heterocycles. The first kappa shape index (κ1) is 20.3. The number of ether oxygens (including phenoxy) is 3. The summed E-state index contributed by atoms with van der Waals surface area (Å²) in [5.74, 6) is 1.61. The van der Waals surface area contributed by atoms with Crippen LogP contribution in [-0.4, -0.2) is 43.3 Å². The van der Waals surface area contributed by atoms with Crippen molar-refractivity contribution in [2.45, 2.75) is 32.9 Å². The van der Waals surface area contributed by atoms with Crippen LogP contribution in [0.15, 0.2) is 41.8 Å². The minimum absolute atomic E-state index is 0.0267. The summed E-state index contributed by atoms with van der Waals surface area (Å²) in [6, 6.07) is 12.7. The number of amides is 1. The van der Waals surface area contributed by atoms with Crippen molar-refractivity contribution in [1.29, 1.82) is 0 Å². The first-order chi connectivity index (χ1) is 15.1. The zero-order valence-electron chi connectivity index (χ0n) is 17.9. The van der Waals surface area contributed by atoms with Gasteiger partial charge >= 0.3 is 0 Å². The van der Waals surface area contributed by atoms with Crippen LogP contribution in [0.1, 0.15) is 25.8 Å². The third kappa shape index (κ3) is 4.02. The summed E-state index contributed by atoms with van der Waals surface area (Å²) >= 11 is 1.74. The third-order valence-corrected chi connectivity index (χ3v) is 6.84. The van der Waals surface area contributed by atoms with Gasteiger partial charge in [0.1, 0.15) is 12.7 Å². The van der Waals surface area contributed by atoms with E-state index in [-0.39, 0.29) is 17.9 Å². The lowest BCUT2D eigenvalue weighted by Gasteiger charge is -2.22. The second-order valence-electron chi connectivity index (χ2n) is 8.47. The fourth-order valence-electron chi connectivity index (χ4n) is 4.27. The van der Waals surface area contributed by atoms with Crippen molar-refractivity contribution >= 4 is 27.3 Å². The van der Waals surface area contributed by atoms with Crippen molar-refractivity contribution in [3.63, 3.8) is 0 Å². The lowest BCUT2D eigenvalue weighted by atomic mass is 10.0. The van der Waals surface area contributed by atoms with E-state index >= 15 is 0 Å². The molecule has 0 N–H and O–H groups in total. The number of hydrogen-bond donors (Lipinski definition) is 0. The van der Waals surface area contributed by atoms with Crippen LogP contribution in [0.3, 0.4) is 0 Å². The van der Waals surface area contributed by atoms with Crippen molar-refractivity contribution < 1.29 is 19.0 Å². The Balaban J connectivity index is 1.60. The summed E-state index contributed by atoms with van der Waals surface area (Å²) < 4.78 is 19.3. The van der Waals surface area contributed by atoms with Crippen LogP contribution < -0.4 is 9.47 Å². The third-order valence-electron chi connectivity index (χ3n) is 5.88. The molecule has 1 fully saturated rings. The molecular weight excluding hydrogens is 410 g/mol. The lowest BCUT2D eigenvalue weighted by molar-refractivity contribution is -0.135. The van der Waals surface area contributed by atoms with Crippen LogP contribution >= 0.6 is 11.3 Å². The molecule has 5 nitrogen and oxygen atoms in total. The average Bonchev–Trinajstić information content (AvgIpc) is 3.38. The highest BCUT2D eigenvalue weighted by Crippen LogP contribution is 2.42. The molecule has 1 amide bonds. The van der Waals surface area contributed by atoms with E-state index in [2.05, 4.69) is 41.8 Å². The molecule has 3 heterocycles. The summed E-state index contributed by atoms with van der Waals surface area (Å²) in [5.41, 5.74) is 3.27. The van der Waals surface area contributed by atoms with Crippen molar-refractivity contribution in [3.8, 4) is 22.6 Å². The Bertz CT molecular complexity index is 1100. The number of hydrogen-bond acceptors (Lipinski definition) is 5. The highest BCUT2D eigenvalue weighted by atomic mass is 32.1. The normalized spacial score (nSPS) is 18.7. The van der Waals surface area contributed by atoms with Gasteiger partial charge in [0.25, 0.3) is 0 Å². The van der Waals surface area contributed by atoms with E-state index in [0.717, 1.165) is 35.7 Å². The molecule has 0 aliphatic carbocycles. The van der Waals surface area contributed by atoms with Gasteiger partial charge in [0.05, 0.1) is 19.8 Å². The van der Waals surface area contributed by atoms with Gasteiger partial charge in [0.2, 0.25) is 5.91 Å². The van der Waals surface area contributed by atoms with Crippen LogP contribution in [0.25, 0.3) is 21.2 Å². The molecule has 1 saturated heterocycles. The monoisotopic (exact) mass is 437 g/mol. The highest BCUT2D eigenvalue weighted by Gasteiger charge is 2.27. The molecular formula is C25H27NO4S. The van der Waals surface area contributed by atoms with Crippen LogP contribution in [0, 0.1) is 5.92 Å². The van der Waals surface area contributed by atoms with Crippen LogP contribution in [-0.2, 0) is 16.1 Å². The second kappa shape index (κ2) is 8.52. The van der Waals surface area contributed by atoms with Gasteiger partial charge in [-0.15, -0.1) is 11.3 Å². The van der Waals surface area contributed by atoms with E-state index < -0.39 is 0 Å². The number of fused-ring (bicyclic) bond motifs is 2. The molecule has 0 unspecified atom stereocenters. The fourth-order valence-corrected chi connectivity index (χ4v) is 5.24. The first-order valence-electron chi connectivity index (χ1n) is 10.9. The number of nitrogens with zero attached hydrogens (tertiary/aromatic N) is 1. The van der Waals surface area contributed by atoms with Gasteiger partial charge in [-0.3, -0.25) is 4.79 Å². The largest absolute Gasteiger partial charge is 0.487 e. The molecule has 0 saturated carbocycles. The summed E-state index contributed by atoms with van der Waals surface area (Å²) in [4.78, 5) is 14.6. The fraction of sp³-hybridized carbons (Fsp3) is 0.400. The molecule has 6 heteroatoms. The Labute approximate surface area is 186 Å². The molecule has 1 atom stereocenters. The molecule has 0 radical (unpaired) electrons. The Hall–Kier alpha value is -2.57. The molecule has 31 heavy (non-hydrogen) atoms. The predicted molar refractivity (Wildman–Crippen MR) is 123 cm³/mol. The molecule has 1 aromatic heterocycles. The number of carbonyl (C=O) groups is 1. The number of thiophene rings is 1. The van der Waals surface area contributed by atoms with E-state index in [0.29, 0.717) is 26.3 Å². The van der Waals surface area contributed by atoms with Gasteiger partial charge in [-0.1, -0.05) is 32.0 Å². The lowest BCUT2D eigenvalue weighted by Crippen LogP contribution is -2.35. The summed E-state index contributed by atoms with van der Waals surface area (Å²) in [5, 5.41) is 3.43. The SMILES string of the molecule is CC(C)C(=O)N1CCOc2c(cc(-c3csc4ccccc34)cc2O[C@@H]2CCOC2)C1. The quantitative estimate of drug-likeness (QED) is 0.569. The van der Waals surface area contributed by atoms with Crippen molar-refractivity contribution in [2.75, 3.05) is 26.4 Å². The first-order valence-corrected chi connectivity index (χ1v) is 11.8. The standard InChI is InChI=1S/C25H27NO4S/c1-16(2)25(27)26-8-10-29-24-18(13-26)11-17(12-22(24)30-19-7-9-28-14-19)21-15-31-23-6-4-3-5-20(21)23/h3-6,11-12,15-16,19H,7-10,13-14H2,1-2H3/t19-/m1/s1. The van der Waals surface area contributed by atoms with Gasteiger partial charge in [0, 0.05) is 40.1 Å². The van der Waals surface area contributed by atoms with Crippen molar-refractivity contribution in [3.05, 3.63) is 47.3 Å². The van der Waals surface area contributed by atoms with Gasteiger partial charge in [-0.05, 0) is 29.1 Å². The van der Waals surface area contributed by atoms with Crippen LogP contribution in [0.2, 0.25) is 0 Å². The van der Waals surface area contributed by atoms with E-state index in [1.807, 2.05) is 18.7 Å². The average molecular weight is 438 g/mol. The van der Waals surface area contributed by atoms with Crippen molar-refractivity contribution in [2.24, 2.45) is 5.92 Å². The number of rotatable bonds is 4. The van der Waals surface area contributed by atoms with Gasteiger partial charge in [-0.25, -0.2) is 0 Å². The van der Waals surface area contributed by atoms with Gasteiger partial charge < -0.3 is 19.1 Å². The number of carbonyl (C=O) groups excluding carboxylic acids is 1. The van der Waals surface area contributed by atoms with E-state index in [1.54, 1.807) is 11.3 Å². The number of benzene rings is 2. The maximum absolute atomic E-state index is 12.7. The van der Waals surface area contributed by atoms with Gasteiger partial charge in [0.15, 0.2) is 11.5 Å². The summed E-state index contributed by atoms with van der Waals surface area (Å²) in [7, 11) is 0. The summed E-state index contributed by atoms with van der Waals surface area (Å²) in [6.07, 6.45) is 0.900. The Morgan fingerprint density at radius 1 is 1.23 bits per heavy atom. The minimum Gasteiger partial charge on any atom is -0.487 e. The summed E-state index contributed by atoms with van der Waals surface area (Å²) in [6.45, 7) is 6.77. The maximum Gasteiger partial charge on any atom is 0.225 e.